The van der Waals surface area contributed by atoms with Crippen molar-refractivity contribution < 1.29 is 14.3 Å². The Labute approximate surface area is 173 Å². The van der Waals surface area contributed by atoms with Crippen molar-refractivity contribution in [2.45, 2.75) is 63.7 Å². The molecule has 0 aromatic heterocycles. The van der Waals surface area contributed by atoms with Crippen molar-refractivity contribution >= 4 is 5.97 Å². The Morgan fingerprint density at radius 3 is 2.55 bits per heavy atom. The van der Waals surface area contributed by atoms with Crippen molar-refractivity contribution in [3.63, 3.8) is 0 Å². The van der Waals surface area contributed by atoms with Gasteiger partial charge in [0.1, 0.15) is 11.4 Å². The second-order valence-electron chi connectivity index (χ2n) is 9.01. The highest BCUT2D eigenvalue weighted by molar-refractivity contribution is 5.72. The van der Waals surface area contributed by atoms with Crippen LogP contribution < -0.4 is 4.74 Å². The Morgan fingerprint density at radius 2 is 1.86 bits per heavy atom. The molecule has 2 saturated heterocycles. The third-order valence-corrected chi connectivity index (χ3v) is 6.40. The zero-order chi connectivity index (χ0) is 20.4. The zero-order valence-corrected chi connectivity index (χ0v) is 17.5. The maximum atomic E-state index is 12.9. The summed E-state index contributed by atoms with van der Waals surface area (Å²) in [6, 6.07) is 7.71. The predicted molar refractivity (Wildman–Crippen MR) is 110 cm³/mol. The first-order chi connectivity index (χ1) is 14.0. The summed E-state index contributed by atoms with van der Waals surface area (Å²) in [7, 11) is 0. The van der Waals surface area contributed by atoms with Gasteiger partial charge in [0.15, 0.2) is 6.10 Å². The van der Waals surface area contributed by atoms with Crippen molar-refractivity contribution in [2.24, 2.45) is 0 Å². The van der Waals surface area contributed by atoms with Gasteiger partial charge < -0.3 is 9.47 Å². The number of rotatable bonds is 4. The van der Waals surface area contributed by atoms with Crippen LogP contribution in [0.2, 0.25) is 0 Å². The predicted octanol–water partition coefficient (Wildman–Crippen LogP) is 3.26. The van der Waals surface area contributed by atoms with E-state index < -0.39 is 11.7 Å². The fourth-order valence-corrected chi connectivity index (χ4v) is 4.92. The zero-order valence-electron chi connectivity index (χ0n) is 17.5. The molecule has 6 heteroatoms. The van der Waals surface area contributed by atoms with Gasteiger partial charge in [-0.15, -0.1) is 0 Å². The smallest absolute Gasteiger partial charge is 0.320 e. The molecular formula is C23H31N3O3. The minimum absolute atomic E-state index is 0.0881. The summed E-state index contributed by atoms with van der Waals surface area (Å²) in [6.45, 7) is 8.19. The summed E-state index contributed by atoms with van der Waals surface area (Å²) >= 11 is 0. The molecule has 3 heterocycles. The molecule has 2 fully saturated rings. The summed E-state index contributed by atoms with van der Waals surface area (Å²) < 4.78 is 12.4. The molecule has 29 heavy (non-hydrogen) atoms. The van der Waals surface area contributed by atoms with Gasteiger partial charge in [0.05, 0.1) is 24.2 Å². The van der Waals surface area contributed by atoms with E-state index in [2.05, 4.69) is 15.9 Å². The van der Waals surface area contributed by atoms with Crippen molar-refractivity contribution in [1.29, 1.82) is 5.26 Å². The van der Waals surface area contributed by atoms with Gasteiger partial charge in [-0.1, -0.05) is 6.42 Å². The third-order valence-electron chi connectivity index (χ3n) is 6.40. The molecule has 0 bridgehead atoms. The van der Waals surface area contributed by atoms with Crippen molar-refractivity contribution in [1.82, 2.24) is 9.80 Å². The van der Waals surface area contributed by atoms with Crippen LogP contribution in [0.4, 0.5) is 0 Å². The third kappa shape index (κ3) is 4.26. The largest absolute Gasteiger partial charge is 0.484 e. The normalized spacial score (nSPS) is 26.9. The van der Waals surface area contributed by atoms with Crippen molar-refractivity contribution in [2.75, 3.05) is 32.7 Å². The molecule has 1 aromatic rings. The Balaban J connectivity index is 1.62. The van der Waals surface area contributed by atoms with E-state index in [0.717, 1.165) is 63.2 Å². The average Bonchev–Trinajstić information content (AvgIpc) is 3.23. The summed E-state index contributed by atoms with van der Waals surface area (Å²) in [4.78, 5) is 17.5. The van der Waals surface area contributed by atoms with Gasteiger partial charge in [0.25, 0.3) is 0 Å². The number of nitrogens with zero attached hydrogens (tertiary/aromatic N) is 3. The molecule has 156 valence electrons. The molecule has 2 unspecified atom stereocenters. The second kappa shape index (κ2) is 8.33. The lowest BCUT2D eigenvalue weighted by atomic mass is 9.84. The molecule has 0 aliphatic carbocycles. The number of carbonyl (C=O) groups excluding carboxylic acids is 1. The van der Waals surface area contributed by atoms with E-state index >= 15 is 0 Å². The van der Waals surface area contributed by atoms with Gasteiger partial charge in [0.2, 0.25) is 0 Å². The number of esters is 1. The van der Waals surface area contributed by atoms with Crippen LogP contribution in [-0.2, 0) is 9.53 Å². The van der Waals surface area contributed by atoms with Gasteiger partial charge >= 0.3 is 5.97 Å². The van der Waals surface area contributed by atoms with E-state index in [1.54, 1.807) is 6.07 Å². The van der Waals surface area contributed by atoms with E-state index in [9.17, 15) is 10.1 Å². The van der Waals surface area contributed by atoms with E-state index in [1.807, 2.05) is 26.0 Å². The first-order valence-electron chi connectivity index (χ1n) is 10.9. The molecule has 0 spiro atoms. The number of carbonyl (C=O) groups is 1. The number of ether oxygens (including phenoxy) is 2. The van der Waals surface area contributed by atoms with Gasteiger partial charge in [-0.25, -0.2) is 0 Å². The van der Waals surface area contributed by atoms with Crippen LogP contribution in [0, 0.1) is 11.3 Å². The van der Waals surface area contributed by atoms with E-state index in [-0.39, 0.29) is 12.0 Å². The SMILES string of the molecule is CC1(C)Oc2ccc(C#N)cc2C(N2CCCC2)C1OC(=O)CN1CCCCC1. The molecular weight excluding hydrogens is 366 g/mol. The van der Waals surface area contributed by atoms with Gasteiger partial charge in [-0.05, 0) is 83.9 Å². The lowest BCUT2D eigenvalue weighted by molar-refractivity contribution is -0.172. The van der Waals surface area contributed by atoms with Gasteiger partial charge in [0, 0.05) is 5.56 Å². The fourth-order valence-electron chi connectivity index (χ4n) is 4.92. The van der Waals surface area contributed by atoms with Crippen LogP contribution in [0.1, 0.15) is 63.1 Å². The summed E-state index contributed by atoms with van der Waals surface area (Å²) in [5.74, 6) is 0.604. The Kier molecular flexibility index (Phi) is 5.80. The average molecular weight is 398 g/mol. The first kappa shape index (κ1) is 20.2. The molecule has 0 radical (unpaired) electrons. The van der Waals surface area contributed by atoms with E-state index in [0.29, 0.717) is 12.1 Å². The number of hydrogen-bond donors (Lipinski definition) is 0. The van der Waals surface area contributed by atoms with Crippen LogP contribution in [-0.4, -0.2) is 60.2 Å². The second-order valence-corrected chi connectivity index (χ2v) is 9.01. The molecule has 4 rings (SSSR count). The number of nitriles is 1. The lowest BCUT2D eigenvalue weighted by Crippen LogP contribution is -2.55. The highest BCUT2D eigenvalue weighted by Gasteiger charge is 2.49. The summed E-state index contributed by atoms with van der Waals surface area (Å²) in [6.07, 6.45) is 5.39. The van der Waals surface area contributed by atoms with Crippen LogP contribution in [0.25, 0.3) is 0 Å². The monoisotopic (exact) mass is 397 g/mol. The minimum Gasteiger partial charge on any atom is -0.484 e. The number of likely N-dealkylation sites (tertiary alicyclic amines) is 2. The van der Waals surface area contributed by atoms with Gasteiger partial charge in [-0.3, -0.25) is 14.6 Å². The molecule has 0 saturated carbocycles. The highest BCUT2D eigenvalue weighted by Crippen LogP contribution is 2.45. The molecule has 3 aliphatic heterocycles. The standard InChI is InChI=1S/C23H31N3O3/c1-23(2)22(28-20(27)16-25-10-4-3-5-11-25)21(26-12-6-7-13-26)18-14-17(15-24)8-9-19(18)29-23/h8-9,14,21-22H,3-7,10-13,16H2,1-2H3. The molecule has 2 atom stereocenters. The number of piperidine rings is 1. The quantitative estimate of drug-likeness (QED) is 0.727. The van der Waals surface area contributed by atoms with Crippen molar-refractivity contribution in [3.8, 4) is 11.8 Å². The van der Waals surface area contributed by atoms with Crippen molar-refractivity contribution in [3.05, 3.63) is 29.3 Å². The number of benzene rings is 1. The highest BCUT2D eigenvalue weighted by atomic mass is 16.6. The van der Waals surface area contributed by atoms with Crippen LogP contribution in [0.5, 0.6) is 5.75 Å². The number of fused-ring (bicyclic) bond motifs is 1. The molecule has 6 nitrogen and oxygen atoms in total. The van der Waals surface area contributed by atoms with Gasteiger partial charge in [-0.2, -0.15) is 5.26 Å². The molecule has 0 amide bonds. The maximum Gasteiger partial charge on any atom is 0.320 e. The molecule has 3 aliphatic rings. The van der Waals surface area contributed by atoms with Crippen LogP contribution in [0.3, 0.4) is 0 Å². The maximum absolute atomic E-state index is 12.9. The van der Waals surface area contributed by atoms with E-state index in [4.69, 9.17) is 9.47 Å². The fraction of sp³-hybridized carbons (Fsp3) is 0.652. The molecule has 1 aromatic carbocycles. The Morgan fingerprint density at radius 1 is 1.17 bits per heavy atom. The van der Waals surface area contributed by atoms with E-state index in [1.165, 1.54) is 6.42 Å². The number of hydrogen-bond acceptors (Lipinski definition) is 6. The van der Waals surface area contributed by atoms with Crippen LogP contribution in [0.15, 0.2) is 18.2 Å². The summed E-state index contributed by atoms with van der Waals surface area (Å²) in [5.41, 5.74) is 0.919. The first-order valence-corrected chi connectivity index (χ1v) is 10.9. The topological polar surface area (TPSA) is 65.8 Å². The summed E-state index contributed by atoms with van der Waals surface area (Å²) in [5, 5.41) is 9.39. The lowest BCUT2D eigenvalue weighted by Gasteiger charge is -2.47. The molecule has 0 N–H and O–H groups in total. The Hall–Kier alpha value is -2.10. The van der Waals surface area contributed by atoms with Crippen LogP contribution >= 0.6 is 0 Å². The Bertz CT molecular complexity index is 789. The minimum atomic E-state index is -0.647.